The molecule has 0 aliphatic rings. The molecule has 0 radical (unpaired) electrons. The van der Waals surface area contributed by atoms with Crippen molar-refractivity contribution >= 4 is 11.6 Å². The molecular formula is C12H22ClN3. The van der Waals surface area contributed by atoms with Gasteiger partial charge in [0.2, 0.25) is 0 Å². The van der Waals surface area contributed by atoms with Crippen molar-refractivity contribution in [2.24, 2.45) is 0 Å². The van der Waals surface area contributed by atoms with Crippen LogP contribution in [-0.2, 0) is 6.42 Å². The summed E-state index contributed by atoms with van der Waals surface area (Å²) < 4.78 is 2.02. The summed E-state index contributed by atoms with van der Waals surface area (Å²) in [5.74, 6) is 0. The fourth-order valence-corrected chi connectivity index (χ4v) is 2.13. The van der Waals surface area contributed by atoms with E-state index in [1.54, 1.807) is 6.20 Å². The van der Waals surface area contributed by atoms with Crippen molar-refractivity contribution in [3.8, 4) is 0 Å². The average molecular weight is 244 g/mol. The van der Waals surface area contributed by atoms with Gasteiger partial charge in [-0.25, -0.2) is 0 Å². The molecule has 0 amide bonds. The van der Waals surface area contributed by atoms with Crippen LogP contribution in [0.25, 0.3) is 0 Å². The van der Waals surface area contributed by atoms with Gasteiger partial charge < -0.3 is 5.32 Å². The Morgan fingerprint density at radius 1 is 1.50 bits per heavy atom. The third-order valence-corrected chi connectivity index (χ3v) is 3.28. The number of hydrogen-bond acceptors (Lipinski definition) is 2. The van der Waals surface area contributed by atoms with Gasteiger partial charge in [0.05, 0.1) is 16.9 Å². The zero-order chi connectivity index (χ0) is 12.1. The maximum Gasteiger partial charge on any atom is 0.0817 e. The zero-order valence-electron chi connectivity index (χ0n) is 10.6. The van der Waals surface area contributed by atoms with E-state index in [1.165, 1.54) is 0 Å². The fraction of sp³-hybridized carbons (Fsp3) is 0.750. The second-order valence-corrected chi connectivity index (χ2v) is 4.82. The molecule has 0 bridgehead atoms. The average Bonchev–Trinajstić information content (AvgIpc) is 2.62. The lowest BCUT2D eigenvalue weighted by Gasteiger charge is -2.16. The fourth-order valence-electron chi connectivity index (χ4n) is 1.91. The molecule has 0 saturated heterocycles. The highest BCUT2D eigenvalue weighted by Gasteiger charge is 2.13. The number of aromatic nitrogens is 2. The predicted molar refractivity (Wildman–Crippen MR) is 69.1 cm³/mol. The molecule has 0 aliphatic carbocycles. The van der Waals surface area contributed by atoms with Gasteiger partial charge in [0.15, 0.2) is 0 Å². The van der Waals surface area contributed by atoms with E-state index in [0.717, 1.165) is 30.0 Å². The first-order valence-corrected chi connectivity index (χ1v) is 6.37. The first kappa shape index (κ1) is 13.5. The van der Waals surface area contributed by atoms with Gasteiger partial charge in [0.25, 0.3) is 0 Å². The molecule has 0 aromatic carbocycles. The summed E-state index contributed by atoms with van der Waals surface area (Å²) in [5, 5.41) is 8.41. The maximum atomic E-state index is 6.16. The van der Waals surface area contributed by atoms with Crippen LogP contribution in [0.15, 0.2) is 6.20 Å². The Labute approximate surface area is 103 Å². The Morgan fingerprint density at radius 2 is 2.19 bits per heavy atom. The van der Waals surface area contributed by atoms with E-state index in [2.05, 4.69) is 31.2 Å². The number of nitrogens with one attached hydrogen (secondary N) is 1. The molecule has 0 saturated carbocycles. The summed E-state index contributed by atoms with van der Waals surface area (Å²) in [7, 11) is 2.01. The molecule has 0 fully saturated rings. The quantitative estimate of drug-likeness (QED) is 0.832. The van der Waals surface area contributed by atoms with E-state index < -0.39 is 0 Å². The van der Waals surface area contributed by atoms with Crippen LogP contribution in [-0.4, -0.2) is 22.9 Å². The van der Waals surface area contributed by atoms with Gasteiger partial charge in [-0.05, 0) is 40.2 Å². The molecule has 1 aromatic rings. The van der Waals surface area contributed by atoms with Crippen molar-refractivity contribution in [2.75, 3.05) is 7.05 Å². The number of halogens is 1. The van der Waals surface area contributed by atoms with E-state index in [4.69, 9.17) is 11.6 Å². The third kappa shape index (κ3) is 3.22. The highest BCUT2D eigenvalue weighted by molar-refractivity contribution is 6.31. The van der Waals surface area contributed by atoms with Crippen LogP contribution in [0.5, 0.6) is 0 Å². The van der Waals surface area contributed by atoms with E-state index in [0.29, 0.717) is 12.1 Å². The molecule has 1 N–H and O–H groups in total. The Kier molecular flexibility index (Phi) is 5.29. The zero-order valence-corrected chi connectivity index (χ0v) is 11.4. The minimum absolute atomic E-state index is 0.372. The van der Waals surface area contributed by atoms with Crippen molar-refractivity contribution in [3.05, 3.63) is 16.9 Å². The van der Waals surface area contributed by atoms with Gasteiger partial charge >= 0.3 is 0 Å². The molecule has 1 aromatic heterocycles. The minimum Gasteiger partial charge on any atom is -0.317 e. The van der Waals surface area contributed by atoms with Crippen molar-refractivity contribution in [1.29, 1.82) is 0 Å². The van der Waals surface area contributed by atoms with Crippen LogP contribution in [0.2, 0.25) is 5.02 Å². The van der Waals surface area contributed by atoms with E-state index in [-0.39, 0.29) is 0 Å². The molecule has 1 rings (SSSR count). The van der Waals surface area contributed by atoms with Crippen molar-refractivity contribution in [2.45, 2.75) is 52.1 Å². The van der Waals surface area contributed by atoms with Crippen molar-refractivity contribution < 1.29 is 0 Å². The SMILES string of the molecule is CCC(CCc1c(Cl)cnn1C(C)C)NC. The highest BCUT2D eigenvalue weighted by atomic mass is 35.5. The van der Waals surface area contributed by atoms with Gasteiger partial charge in [0, 0.05) is 12.1 Å². The second kappa shape index (κ2) is 6.26. The molecule has 1 atom stereocenters. The molecule has 1 unspecified atom stereocenters. The lowest BCUT2D eigenvalue weighted by Crippen LogP contribution is -2.25. The third-order valence-electron chi connectivity index (χ3n) is 2.97. The summed E-state index contributed by atoms with van der Waals surface area (Å²) in [6, 6.07) is 0.934. The summed E-state index contributed by atoms with van der Waals surface area (Å²) in [6.07, 6.45) is 4.97. The predicted octanol–water partition coefficient (Wildman–Crippen LogP) is 3.05. The topological polar surface area (TPSA) is 29.9 Å². The Hall–Kier alpha value is -0.540. The summed E-state index contributed by atoms with van der Waals surface area (Å²) in [4.78, 5) is 0. The van der Waals surface area contributed by atoms with Gasteiger partial charge in [-0.15, -0.1) is 0 Å². The number of rotatable bonds is 6. The van der Waals surface area contributed by atoms with Gasteiger partial charge in [-0.1, -0.05) is 18.5 Å². The Bertz CT molecular complexity index is 316. The largest absolute Gasteiger partial charge is 0.317 e. The smallest absolute Gasteiger partial charge is 0.0817 e. The Balaban J connectivity index is 2.68. The molecule has 92 valence electrons. The molecule has 3 nitrogen and oxygen atoms in total. The van der Waals surface area contributed by atoms with Crippen molar-refractivity contribution in [1.82, 2.24) is 15.1 Å². The standard InChI is InChI=1S/C12H22ClN3/c1-5-10(14-4)6-7-12-11(13)8-15-16(12)9(2)3/h8-10,14H,5-7H2,1-4H3. The van der Waals surface area contributed by atoms with Crippen LogP contribution < -0.4 is 5.32 Å². The van der Waals surface area contributed by atoms with Crippen LogP contribution in [0.1, 0.15) is 45.3 Å². The number of nitrogens with zero attached hydrogens (tertiary/aromatic N) is 2. The van der Waals surface area contributed by atoms with Crippen LogP contribution in [0, 0.1) is 0 Å². The molecule has 16 heavy (non-hydrogen) atoms. The van der Waals surface area contributed by atoms with E-state index in [1.807, 2.05) is 11.7 Å². The summed E-state index contributed by atoms with van der Waals surface area (Å²) in [5.41, 5.74) is 1.16. The molecular weight excluding hydrogens is 222 g/mol. The van der Waals surface area contributed by atoms with E-state index >= 15 is 0 Å². The molecule has 0 spiro atoms. The minimum atomic E-state index is 0.372. The van der Waals surface area contributed by atoms with Gasteiger partial charge in [-0.2, -0.15) is 5.10 Å². The summed E-state index contributed by atoms with van der Waals surface area (Å²) in [6.45, 7) is 6.45. The monoisotopic (exact) mass is 243 g/mol. The lowest BCUT2D eigenvalue weighted by molar-refractivity contribution is 0.471. The van der Waals surface area contributed by atoms with Crippen LogP contribution in [0.3, 0.4) is 0 Å². The van der Waals surface area contributed by atoms with Gasteiger partial charge in [-0.3, -0.25) is 4.68 Å². The second-order valence-electron chi connectivity index (χ2n) is 4.41. The van der Waals surface area contributed by atoms with E-state index in [9.17, 15) is 0 Å². The normalized spacial score (nSPS) is 13.4. The van der Waals surface area contributed by atoms with Crippen LogP contribution in [0.4, 0.5) is 0 Å². The first-order chi connectivity index (χ1) is 7.60. The Morgan fingerprint density at radius 3 is 2.69 bits per heavy atom. The van der Waals surface area contributed by atoms with Gasteiger partial charge in [0.1, 0.15) is 0 Å². The molecule has 1 heterocycles. The first-order valence-electron chi connectivity index (χ1n) is 5.99. The van der Waals surface area contributed by atoms with Crippen LogP contribution >= 0.6 is 11.6 Å². The molecule has 4 heteroatoms. The lowest BCUT2D eigenvalue weighted by atomic mass is 10.1. The maximum absolute atomic E-state index is 6.16. The number of hydrogen-bond donors (Lipinski definition) is 1. The molecule has 0 aliphatic heterocycles. The highest BCUT2D eigenvalue weighted by Crippen LogP contribution is 2.21. The summed E-state index contributed by atoms with van der Waals surface area (Å²) >= 11 is 6.16. The van der Waals surface area contributed by atoms with Crippen molar-refractivity contribution in [3.63, 3.8) is 0 Å².